The average molecular weight is 334 g/mol. The molecule has 2 aliphatic carbocycles. The summed E-state index contributed by atoms with van der Waals surface area (Å²) in [5.74, 6) is -2.49. The van der Waals surface area contributed by atoms with Crippen molar-refractivity contribution in [1.82, 2.24) is 0 Å². The molecule has 1 fully saturated rings. The van der Waals surface area contributed by atoms with E-state index in [1.807, 2.05) is 0 Å². The van der Waals surface area contributed by atoms with E-state index in [1.54, 1.807) is 6.92 Å². The predicted molar refractivity (Wildman–Crippen MR) is 71.4 cm³/mol. The van der Waals surface area contributed by atoms with Crippen LogP contribution in [-0.2, 0) is 14.3 Å². The number of rotatable bonds is 3. The largest absolute Gasteiger partial charge is 0.350 e. The molecule has 1 saturated carbocycles. The van der Waals surface area contributed by atoms with Crippen LogP contribution in [0.15, 0.2) is 10.1 Å². The second-order valence-corrected chi connectivity index (χ2v) is 6.48. The van der Waals surface area contributed by atoms with Gasteiger partial charge in [0.25, 0.3) is 0 Å². The molecule has 0 heterocycles. The highest BCUT2D eigenvalue weighted by molar-refractivity contribution is 6.52. The SMILES string of the molecule is COC1(OC)C2(Cl)C(Cl)=C(Cl)C1(Cl)[C@@H](C=O)[C@H]2C. The summed E-state index contributed by atoms with van der Waals surface area (Å²) in [5, 5.41) is 0.287. The van der Waals surface area contributed by atoms with E-state index in [2.05, 4.69) is 0 Å². The number of hydrogen-bond donors (Lipinski definition) is 0. The first-order valence-electron chi connectivity index (χ1n) is 5.29. The fourth-order valence-electron chi connectivity index (χ4n) is 3.22. The zero-order chi connectivity index (χ0) is 13.9. The quantitative estimate of drug-likeness (QED) is 0.452. The third kappa shape index (κ3) is 1.16. The van der Waals surface area contributed by atoms with Crippen LogP contribution in [0, 0.1) is 11.8 Å². The predicted octanol–water partition coefficient (Wildman–Crippen LogP) is 3.10. The standard InChI is InChI=1S/C11H12Cl4O3/c1-5-6(4-16)10(15)8(13)7(12)9(5,14)11(10,17-2)18-3/h4-6H,1-3H3/t5-,6+,9?,10?/m1/s1. The van der Waals surface area contributed by atoms with Gasteiger partial charge in [0.1, 0.15) is 16.0 Å². The van der Waals surface area contributed by atoms with Crippen molar-refractivity contribution in [1.29, 1.82) is 0 Å². The lowest BCUT2D eigenvalue weighted by atomic mass is 9.84. The van der Waals surface area contributed by atoms with E-state index in [1.165, 1.54) is 14.2 Å². The van der Waals surface area contributed by atoms with Crippen molar-refractivity contribution >= 4 is 52.7 Å². The molecule has 0 spiro atoms. The number of ether oxygens (including phenoxy) is 2. The average Bonchev–Trinajstić information content (AvgIpc) is 2.59. The molecule has 0 N–H and O–H groups in total. The summed E-state index contributed by atoms with van der Waals surface area (Å²) in [5.41, 5.74) is 0. The van der Waals surface area contributed by atoms with Gasteiger partial charge in [0, 0.05) is 20.1 Å². The van der Waals surface area contributed by atoms with Crippen LogP contribution in [0.25, 0.3) is 0 Å². The van der Waals surface area contributed by atoms with Crippen molar-refractivity contribution in [3.63, 3.8) is 0 Å². The molecular weight excluding hydrogens is 322 g/mol. The third-order valence-corrected chi connectivity index (χ3v) is 6.87. The van der Waals surface area contributed by atoms with Gasteiger partial charge in [0.2, 0.25) is 5.79 Å². The maximum Gasteiger partial charge on any atom is 0.218 e. The van der Waals surface area contributed by atoms with E-state index < -0.39 is 21.5 Å². The number of halogens is 4. The Labute approximate surface area is 125 Å². The van der Waals surface area contributed by atoms with E-state index >= 15 is 0 Å². The highest BCUT2D eigenvalue weighted by atomic mass is 35.5. The highest BCUT2D eigenvalue weighted by Gasteiger charge is 2.83. The minimum Gasteiger partial charge on any atom is -0.350 e. The van der Waals surface area contributed by atoms with Crippen molar-refractivity contribution in [3.8, 4) is 0 Å². The van der Waals surface area contributed by atoms with Crippen LogP contribution in [-0.4, -0.2) is 36.0 Å². The van der Waals surface area contributed by atoms with Gasteiger partial charge < -0.3 is 14.3 Å². The van der Waals surface area contributed by atoms with E-state index in [-0.39, 0.29) is 16.0 Å². The first-order valence-corrected chi connectivity index (χ1v) is 6.80. The number of fused-ring (bicyclic) bond motifs is 2. The summed E-state index contributed by atoms with van der Waals surface area (Å²) in [6, 6.07) is 0. The van der Waals surface area contributed by atoms with Crippen molar-refractivity contribution in [2.75, 3.05) is 14.2 Å². The van der Waals surface area contributed by atoms with Crippen LogP contribution in [0.3, 0.4) is 0 Å². The molecule has 0 aromatic carbocycles. The smallest absolute Gasteiger partial charge is 0.218 e. The molecule has 0 radical (unpaired) electrons. The molecule has 7 heteroatoms. The molecule has 18 heavy (non-hydrogen) atoms. The Hall–Kier alpha value is 0.490. The zero-order valence-electron chi connectivity index (χ0n) is 9.97. The summed E-state index contributed by atoms with van der Waals surface area (Å²) < 4.78 is 10.9. The molecule has 0 aromatic rings. The van der Waals surface area contributed by atoms with Gasteiger partial charge in [-0.2, -0.15) is 0 Å². The Balaban J connectivity index is 2.80. The highest BCUT2D eigenvalue weighted by Crippen LogP contribution is 2.73. The molecule has 2 unspecified atom stereocenters. The van der Waals surface area contributed by atoms with Crippen LogP contribution < -0.4 is 0 Å². The lowest BCUT2D eigenvalue weighted by Crippen LogP contribution is -2.57. The van der Waals surface area contributed by atoms with Gasteiger partial charge in [-0.05, 0) is 5.92 Å². The minimum absolute atomic E-state index is 0.111. The molecule has 2 rings (SSSR count). The van der Waals surface area contributed by atoms with Crippen LogP contribution in [0.2, 0.25) is 0 Å². The van der Waals surface area contributed by atoms with Gasteiger partial charge in [-0.3, -0.25) is 0 Å². The van der Waals surface area contributed by atoms with Crippen LogP contribution in [0.4, 0.5) is 0 Å². The van der Waals surface area contributed by atoms with Crippen molar-refractivity contribution in [3.05, 3.63) is 10.1 Å². The zero-order valence-corrected chi connectivity index (χ0v) is 13.0. The Morgan fingerprint density at radius 2 is 1.56 bits per heavy atom. The maximum atomic E-state index is 11.3. The summed E-state index contributed by atoms with van der Waals surface area (Å²) in [6.45, 7) is 1.77. The normalized spacial score (nSPS) is 45.7. The molecule has 4 atom stereocenters. The lowest BCUT2D eigenvalue weighted by molar-refractivity contribution is -0.220. The molecule has 2 aliphatic rings. The summed E-state index contributed by atoms with van der Waals surface area (Å²) >= 11 is 25.6. The molecule has 0 aliphatic heterocycles. The number of carbonyl (C=O) groups is 1. The number of aldehydes is 1. The van der Waals surface area contributed by atoms with Crippen molar-refractivity contribution < 1.29 is 14.3 Å². The van der Waals surface area contributed by atoms with Gasteiger partial charge >= 0.3 is 0 Å². The van der Waals surface area contributed by atoms with Gasteiger partial charge in [0.05, 0.1) is 10.1 Å². The fraction of sp³-hybridized carbons (Fsp3) is 0.727. The monoisotopic (exact) mass is 332 g/mol. The Kier molecular flexibility index (Phi) is 3.51. The molecule has 102 valence electrons. The van der Waals surface area contributed by atoms with E-state index in [9.17, 15) is 4.79 Å². The molecule has 0 saturated heterocycles. The van der Waals surface area contributed by atoms with E-state index in [0.717, 1.165) is 6.29 Å². The second kappa shape index (κ2) is 4.24. The fourth-order valence-corrected chi connectivity index (χ4v) is 5.38. The number of hydrogen-bond acceptors (Lipinski definition) is 3. The molecule has 0 aromatic heterocycles. The summed E-state index contributed by atoms with van der Waals surface area (Å²) in [6.07, 6.45) is 0.723. The van der Waals surface area contributed by atoms with Gasteiger partial charge in [-0.1, -0.05) is 30.1 Å². The van der Waals surface area contributed by atoms with E-state index in [4.69, 9.17) is 55.9 Å². The number of alkyl halides is 2. The Morgan fingerprint density at radius 1 is 1.11 bits per heavy atom. The van der Waals surface area contributed by atoms with Crippen molar-refractivity contribution in [2.24, 2.45) is 11.8 Å². The van der Waals surface area contributed by atoms with E-state index in [0.29, 0.717) is 0 Å². The summed E-state index contributed by atoms with van der Waals surface area (Å²) in [4.78, 5) is 8.67. The number of methoxy groups -OCH3 is 2. The molecule has 2 bridgehead atoms. The van der Waals surface area contributed by atoms with Gasteiger partial charge in [-0.15, -0.1) is 23.2 Å². The summed E-state index contributed by atoms with van der Waals surface area (Å²) in [7, 11) is 2.80. The molecule has 0 amide bonds. The van der Waals surface area contributed by atoms with Crippen LogP contribution in [0.5, 0.6) is 0 Å². The first-order chi connectivity index (χ1) is 8.29. The minimum atomic E-state index is -1.47. The maximum absolute atomic E-state index is 11.3. The lowest BCUT2D eigenvalue weighted by Gasteiger charge is -2.41. The van der Waals surface area contributed by atoms with Crippen molar-refractivity contribution in [2.45, 2.75) is 22.5 Å². The number of carbonyl (C=O) groups excluding carboxylic acids is 1. The second-order valence-electron chi connectivity index (χ2n) is 4.53. The molecular formula is C11H12Cl4O3. The topological polar surface area (TPSA) is 35.5 Å². The first kappa shape index (κ1) is 14.9. The van der Waals surface area contributed by atoms with Gasteiger partial charge in [0.15, 0.2) is 0 Å². The van der Waals surface area contributed by atoms with Crippen LogP contribution in [0.1, 0.15) is 6.92 Å². The van der Waals surface area contributed by atoms with Crippen LogP contribution >= 0.6 is 46.4 Å². The Morgan fingerprint density at radius 3 is 1.89 bits per heavy atom. The van der Waals surface area contributed by atoms with Gasteiger partial charge in [-0.25, -0.2) is 0 Å². The molecule has 3 nitrogen and oxygen atoms in total. The Bertz CT molecular complexity index is 434. The third-order valence-electron chi connectivity index (χ3n) is 4.14.